The van der Waals surface area contributed by atoms with Crippen molar-refractivity contribution in [3.8, 4) is 0 Å². The first-order valence-corrected chi connectivity index (χ1v) is 5.26. The van der Waals surface area contributed by atoms with Gasteiger partial charge in [-0.3, -0.25) is 0 Å². The molecule has 0 unspecified atom stereocenters. The Morgan fingerprint density at radius 1 is 1.25 bits per heavy atom. The number of rotatable bonds is 4. The molecule has 2 fully saturated rings. The summed E-state index contributed by atoms with van der Waals surface area (Å²) in [5, 5.41) is 3.54. The fourth-order valence-electron chi connectivity index (χ4n) is 2.10. The van der Waals surface area contributed by atoms with Crippen LogP contribution in [0.4, 0.5) is 0 Å². The highest BCUT2D eigenvalue weighted by Crippen LogP contribution is 2.29. The average molecular weight is 168 g/mol. The molecule has 2 rings (SSSR count). The Hall–Kier alpha value is -0.0800. The van der Waals surface area contributed by atoms with Gasteiger partial charge < -0.3 is 10.2 Å². The molecular weight excluding hydrogens is 148 g/mol. The van der Waals surface area contributed by atoms with Gasteiger partial charge in [-0.1, -0.05) is 0 Å². The van der Waals surface area contributed by atoms with E-state index in [1.807, 2.05) is 0 Å². The van der Waals surface area contributed by atoms with Crippen LogP contribution in [0, 0.1) is 5.92 Å². The third-order valence-electron chi connectivity index (χ3n) is 2.96. The van der Waals surface area contributed by atoms with Gasteiger partial charge in [0.25, 0.3) is 0 Å². The molecule has 1 atom stereocenters. The SMILES string of the molecule is CN(CC1CC1)C[C@H]1CCCN1. The molecule has 70 valence electrons. The summed E-state index contributed by atoms with van der Waals surface area (Å²) in [6.45, 7) is 3.83. The number of hydrogen-bond acceptors (Lipinski definition) is 2. The molecule has 1 aliphatic carbocycles. The first-order valence-electron chi connectivity index (χ1n) is 5.26. The number of likely N-dealkylation sites (N-methyl/N-ethyl adjacent to an activating group) is 1. The zero-order valence-electron chi connectivity index (χ0n) is 8.05. The largest absolute Gasteiger partial charge is 0.313 e. The van der Waals surface area contributed by atoms with Crippen LogP contribution in [0.5, 0.6) is 0 Å². The predicted octanol–water partition coefficient (Wildman–Crippen LogP) is 1.08. The van der Waals surface area contributed by atoms with E-state index in [1.165, 1.54) is 45.3 Å². The first kappa shape index (κ1) is 8.52. The molecule has 1 N–H and O–H groups in total. The Bertz CT molecular complexity index is 137. The van der Waals surface area contributed by atoms with E-state index in [0.29, 0.717) is 0 Å². The third-order valence-corrected chi connectivity index (χ3v) is 2.96. The highest BCUT2D eigenvalue weighted by atomic mass is 15.1. The van der Waals surface area contributed by atoms with Crippen molar-refractivity contribution >= 4 is 0 Å². The fourth-order valence-corrected chi connectivity index (χ4v) is 2.10. The first-order chi connectivity index (χ1) is 5.84. The summed E-state index contributed by atoms with van der Waals surface area (Å²) in [7, 11) is 2.26. The molecule has 0 spiro atoms. The smallest absolute Gasteiger partial charge is 0.0195 e. The Labute approximate surface area is 75.3 Å². The minimum atomic E-state index is 0.786. The normalized spacial score (nSPS) is 30.0. The van der Waals surface area contributed by atoms with Gasteiger partial charge in [-0.05, 0) is 45.2 Å². The minimum absolute atomic E-state index is 0.786. The Morgan fingerprint density at radius 3 is 2.67 bits per heavy atom. The highest BCUT2D eigenvalue weighted by molar-refractivity contribution is 4.80. The van der Waals surface area contributed by atoms with Crippen molar-refractivity contribution in [2.24, 2.45) is 5.92 Å². The molecule has 2 aliphatic rings. The molecule has 12 heavy (non-hydrogen) atoms. The molecule has 1 saturated carbocycles. The fraction of sp³-hybridized carbons (Fsp3) is 1.00. The van der Waals surface area contributed by atoms with Gasteiger partial charge in [0.2, 0.25) is 0 Å². The second kappa shape index (κ2) is 3.75. The quantitative estimate of drug-likeness (QED) is 0.676. The van der Waals surface area contributed by atoms with Gasteiger partial charge in [0.1, 0.15) is 0 Å². The molecule has 0 amide bonds. The maximum atomic E-state index is 3.54. The lowest BCUT2D eigenvalue weighted by molar-refractivity contribution is 0.289. The topological polar surface area (TPSA) is 15.3 Å². The second-order valence-electron chi connectivity index (χ2n) is 4.46. The third kappa shape index (κ3) is 2.46. The molecule has 2 heteroatoms. The molecule has 1 aliphatic heterocycles. The van der Waals surface area contributed by atoms with Gasteiger partial charge in [-0.25, -0.2) is 0 Å². The van der Waals surface area contributed by atoms with E-state index in [4.69, 9.17) is 0 Å². The second-order valence-corrected chi connectivity index (χ2v) is 4.46. The monoisotopic (exact) mass is 168 g/mol. The van der Waals surface area contributed by atoms with Gasteiger partial charge in [-0.2, -0.15) is 0 Å². The van der Waals surface area contributed by atoms with Crippen LogP contribution in [0.1, 0.15) is 25.7 Å². The average Bonchev–Trinajstić information content (AvgIpc) is 2.66. The van der Waals surface area contributed by atoms with Crippen LogP contribution in [0.15, 0.2) is 0 Å². The summed E-state index contributed by atoms with van der Waals surface area (Å²) < 4.78 is 0. The van der Waals surface area contributed by atoms with E-state index in [-0.39, 0.29) is 0 Å². The van der Waals surface area contributed by atoms with E-state index in [0.717, 1.165) is 12.0 Å². The van der Waals surface area contributed by atoms with Gasteiger partial charge in [0.05, 0.1) is 0 Å². The number of nitrogens with one attached hydrogen (secondary N) is 1. The molecular formula is C10H20N2. The van der Waals surface area contributed by atoms with E-state index in [1.54, 1.807) is 0 Å². The molecule has 0 aromatic rings. The summed E-state index contributed by atoms with van der Waals surface area (Å²) in [5.41, 5.74) is 0. The van der Waals surface area contributed by atoms with Crippen LogP contribution >= 0.6 is 0 Å². The number of hydrogen-bond donors (Lipinski definition) is 1. The molecule has 2 nitrogen and oxygen atoms in total. The molecule has 0 bridgehead atoms. The van der Waals surface area contributed by atoms with Gasteiger partial charge in [0.15, 0.2) is 0 Å². The summed E-state index contributed by atoms with van der Waals surface area (Å²) >= 11 is 0. The van der Waals surface area contributed by atoms with Crippen LogP contribution in [0.3, 0.4) is 0 Å². The molecule has 0 radical (unpaired) electrons. The van der Waals surface area contributed by atoms with Gasteiger partial charge in [0, 0.05) is 19.1 Å². The van der Waals surface area contributed by atoms with Crippen molar-refractivity contribution < 1.29 is 0 Å². The van der Waals surface area contributed by atoms with Crippen LogP contribution < -0.4 is 5.32 Å². The van der Waals surface area contributed by atoms with Crippen LogP contribution in [-0.4, -0.2) is 37.6 Å². The van der Waals surface area contributed by atoms with E-state index in [2.05, 4.69) is 17.3 Å². The Balaban J connectivity index is 1.62. The van der Waals surface area contributed by atoms with Crippen molar-refractivity contribution in [1.29, 1.82) is 0 Å². The summed E-state index contributed by atoms with van der Waals surface area (Å²) in [4.78, 5) is 2.50. The standard InChI is InChI=1S/C10H20N2/c1-12(7-9-4-5-9)8-10-3-2-6-11-10/h9-11H,2-8H2,1H3/t10-/m1/s1. The van der Waals surface area contributed by atoms with Gasteiger partial charge >= 0.3 is 0 Å². The van der Waals surface area contributed by atoms with Crippen LogP contribution in [0.25, 0.3) is 0 Å². The number of nitrogens with zero attached hydrogens (tertiary/aromatic N) is 1. The maximum Gasteiger partial charge on any atom is 0.0195 e. The molecule has 0 aromatic carbocycles. The summed E-state index contributed by atoms with van der Waals surface area (Å²) in [5.74, 6) is 1.04. The summed E-state index contributed by atoms with van der Waals surface area (Å²) in [6.07, 6.45) is 5.71. The van der Waals surface area contributed by atoms with Crippen LogP contribution in [-0.2, 0) is 0 Å². The zero-order chi connectivity index (χ0) is 8.39. The van der Waals surface area contributed by atoms with Crippen molar-refractivity contribution in [3.63, 3.8) is 0 Å². The lowest BCUT2D eigenvalue weighted by atomic mass is 10.2. The van der Waals surface area contributed by atoms with Crippen LogP contribution in [0.2, 0.25) is 0 Å². The molecule has 1 saturated heterocycles. The Morgan fingerprint density at radius 2 is 2.08 bits per heavy atom. The van der Waals surface area contributed by atoms with E-state index < -0.39 is 0 Å². The zero-order valence-corrected chi connectivity index (χ0v) is 8.05. The van der Waals surface area contributed by atoms with E-state index in [9.17, 15) is 0 Å². The van der Waals surface area contributed by atoms with Crippen molar-refractivity contribution in [2.45, 2.75) is 31.7 Å². The molecule has 1 heterocycles. The molecule has 0 aromatic heterocycles. The van der Waals surface area contributed by atoms with Crippen molar-refractivity contribution in [1.82, 2.24) is 10.2 Å². The van der Waals surface area contributed by atoms with Gasteiger partial charge in [-0.15, -0.1) is 0 Å². The summed E-state index contributed by atoms with van der Waals surface area (Å²) in [6, 6.07) is 0.786. The van der Waals surface area contributed by atoms with Crippen molar-refractivity contribution in [3.05, 3.63) is 0 Å². The van der Waals surface area contributed by atoms with E-state index >= 15 is 0 Å². The lowest BCUT2D eigenvalue weighted by Crippen LogP contribution is -2.36. The predicted molar refractivity (Wildman–Crippen MR) is 51.2 cm³/mol. The maximum absolute atomic E-state index is 3.54. The minimum Gasteiger partial charge on any atom is -0.313 e. The van der Waals surface area contributed by atoms with Crippen molar-refractivity contribution in [2.75, 3.05) is 26.7 Å². The Kier molecular flexibility index (Phi) is 2.66. The highest BCUT2D eigenvalue weighted by Gasteiger charge is 2.24. The lowest BCUT2D eigenvalue weighted by Gasteiger charge is -2.20.